The van der Waals surface area contributed by atoms with Crippen LogP contribution in [0.4, 0.5) is 0 Å². The predicted molar refractivity (Wildman–Crippen MR) is 94.4 cm³/mol. The van der Waals surface area contributed by atoms with Crippen LogP contribution in [-0.4, -0.2) is 75.5 Å². The lowest BCUT2D eigenvalue weighted by Crippen LogP contribution is -2.55. The number of amides is 2. The molecule has 0 unspecified atom stereocenters. The van der Waals surface area contributed by atoms with E-state index in [9.17, 15) is 14.7 Å². The van der Waals surface area contributed by atoms with Crippen LogP contribution >= 0.6 is 0 Å². The zero-order valence-electron chi connectivity index (χ0n) is 15.4. The van der Waals surface area contributed by atoms with Gasteiger partial charge in [0.25, 0.3) is 5.91 Å². The van der Waals surface area contributed by atoms with Crippen molar-refractivity contribution in [3.05, 3.63) is 23.8 Å². The molecule has 2 atom stereocenters. The van der Waals surface area contributed by atoms with Crippen molar-refractivity contribution >= 4 is 11.8 Å². The quantitative estimate of drug-likeness (QED) is 0.720. The maximum atomic E-state index is 12.9. The Morgan fingerprint density at radius 3 is 2.65 bits per heavy atom. The number of ether oxygens (including phenoxy) is 3. The second-order valence-corrected chi connectivity index (χ2v) is 6.16. The van der Waals surface area contributed by atoms with E-state index in [1.54, 1.807) is 30.2 Å². The van der Waals surface area contributed by atoms with E-state index in [-0.39, 0.29) is 37.0 Å². The molecule has 2 amide bonds. The molecule has 1 aliphatic heterocycles. The summed E-state index contributed by atoms with van der Waals surface area (Å²) in [7, 11) is 4.48. The highest BCUT2D eigenvalue weighted by atomic mass is 16.5. The van der Waals surface area contributed by atoms with Gasteiger partial charge in [-0.15, -0.1) is 0 Å². The number of methoxy groups -OCH3 is 3. The molecule has 26 heavy (non-hydrogen) atoms. The van der Waals surface area contributed by atoms with Crippen LogP contribution in [0.3, 0.4) is 0 Å². The van der Waals surface area contributed by atoms with Crippen molar-refractivity contribution in [1.29, 1.82) is 0 Å². The first kappa shape index (κ1) is 20.0. The molecule has 0 aromatic heterocycles. The lowest BCUT2D eigenvalue weighted by atomic mass is 9.91. The predicted octanol–water partition coefficient (Wildman–Crippen LogP) is 0.289. The Bertz CT molecular complexity index is 636. The SMILES string of the molecule is COCC(=O)N[C@@H]1CN(C(=O)c2ccc(OC)cc2OC)CC[C@@H]1CO. The van der Waals surface area contributed by atoms with Gasteiger partial charge in [-0.1, -0.05) is 0 Å². The van der Waals surface area contributed by atoms with Crippen molar-refractivity contribution in [2.24, 2.45) is 5.92 Å². The van der Waals surface area contributed by atoms with E-state index in [1.165, 1.54) is 14.2 Å². The highest BCUT2D eigenvalue weighted by Crippen LogP contribution is 2.27. The third-order valence-electron chi connectivity index (χ3n) is 4.54. The highest BCUT2D eigenvalue weighted by Gasteiger charge is 2.33. The summed E-state index contributed by atoms with van der Waals surface area (Å²) in [6, 6.07) is 4.69. The number of piperidine rings is 1. The number of nitrogens with one attached hydrogen (secondary N) is 1. The molecule has 1 aromatic carbocycles. The van der Waals surface area contributed by atoms with Gasteiger partial charge in [0, 0.05) is 38.8 Å². The summed E-state index contributed by atoms with van der Waals surface area (Å²) in [5.74, 6) is 0.470. The van der Waals surface area contributed by atoms with E-state index in [1.807, 2.05) is 0 Å². The normalized spacial score (nSPS) is 19.8. The van der Waals surface area contributed by atoms with Crippen molar-refractivity contribution in [3.63, 3.8) is 0 Å². The molecule has 0 spiro atoms. The third-order valence-corrected chi connectivity index (χ3v) is 4.54. The van der Waals surface area contributed by atoms with Crippen LogP contribution in [0.15, 0.2) is 18.2 Å². The Labute approximate surface area is 153 Å². The first-order chi connectivity index (χ1) is 12.5. The van der Waals surface area contributed by atoms with E-state index < -0.39 is 0 Å². The number of aliphatic hydroxyl groups is 1. The average Bonchev–Trinajstić information content (AvgIpc) is 2.66. The number of rotatable bonds is 7. The number of aliphatic hydroxyl groups excluding tert-OH is 1. The largest absolute Gasteiger partial charge is 0.497 e. The van der Waals surface area contributed by atoms with E-state index in [0.717, 1.165) is 0 Å². The Morgan fingerprint density at radius 1 is 1.27 bits per heavy atom. The molecular formula is C18H26N2O6. The van der Waals surface area contributed by atoms with Gasteiger partial charge in [-0.25, -0.2) is 0 Å². The van der Waals surface area contributed by atoms with Crippen molar-refractivity contribution in [2.45, 2.75) is 12.5 Å². The van der Waals surface area contributed by atoms with Crippen molar-refractivity contribution in [1.82, 2.24) is 10.2 Å². The lowest BCUT2D eigenvalue weighted by molar-refractivity contribution is -0.126. The van der Waals surface area contributed by atoms with Gasteiger partial charge in [0.1, 0.15) is 18.1 Å². The average molecular weight is 366 g/mol. The Hall–Kier alpha value is -2.32. The van der Waals surface area contributed by atoms with Gasteiger partial charge < -0.3 is 29.5 Å². The van der Waals surface area contributed by atoms with Crippen LogP contribution < -0.4 is 14.8 Å². The smallest absolute Gasteiger partial charge is 0.257 e. The number of hydrogen-bond donors (Lipinski definition) is 2. The van der Waals surface area contributed by atoms with Gasteiger partial charge in [0.05, 0.1) is 25.8 Å². The second kappa shape index (κ2) is 9.40. The van der Waals surface area contributed by atoms with Crippen LogP contribution in [0.2, 0.25) is 0 Å². The van der Waals surface area contributed by atoms with Gasteiger partial charge in [0.2, 0.25) is 5.91 Å². The summed E-state index contributed by atoms with van der Waals surface area (Å²) in [6.45, 7) is 0.700. The van der Waals surface area contributed by atoms with Crippen LogP contribution in [0, 0.1) is 5.92 Å². The highest BCUT2D eigenvalue weighted by molar-refractivity contribution is 5.97. The molecule has 144 valence electrons. The molecule has 8 nitrogen and oxygen atoms in total. The maximum absolute atomic E-state index is 12.9. The number of nitrogens with zero attached hydrogens (tertiary/aromatic N) is 1. The summed E-state index contributed by atoms with van der Waals surface area (Å²) in [5.41, 5.74) is 0.428. The third kappa shape index (κ3) is 4.64. The van der Waals surface area contributed by atoms with Crippen LogP contribution in [0.5, 0.6) is 11.5 Å². The summed E-state index contributed by atoms with van der Waals surface area (Å²) < 4.78 is 15.3. The van der Waals surface area contributed by atoms with Crippen molar-refractivity contribution < 1.29 is 28.9 Å². The minimum absolute atomic E-state index is 0.0498. The summed E-state index contributed by atoms with van der Waals surface area (Å²) >= 11 is 0. The molecular weight excluding hydrogens is 340 g/mol. The molecule has 0 bridgehead atoms. The van der Waals surface area contributed by atoms with E-state index in [4.69, 9.17) is 14.2 Å². The molecule has 1 saturated heterocycles. The molecule has 0 radical (unpaired) electrons. The fraction of sp³-hybridized carbons (Fsp3) is 0.556. The zero-order chi connectivity index (χ0) is 19.1. The zero-order valence-corrected chi connectivity index (χ0v) is 15.4. The van der Waals surface area contributed by atoms with Crippen molar-refractivity contribution in [3.8, 4) is 11.5 Å². The Morgan fingerprint density at radius 2 is 2.04 bits per heavy atom. The van der Waals surface area contributed by atoms with Gasteiger partial charge >= 0.3 is 0 Å². The minimum Gasteiger partial charge on any atom is -0.497 e. The fourth-order valence-corrected chi connectivity index (χ4v) is 3.09. The van der Waals surface area contributed by atoms with Gasteiger partial charge in [-0.2, -0.15) is 0 Å². The molecule has 2 rings (SSSR count). The monoisotopic (exact) mass is 366 g/mol. The molecule has 1 aromatic rings. The molecule has 1 fully saturated rings. The molecule has 0 aliphatic carbocycles. The van der Waals surface area contributed by atoms with Gasteiger partial charge in [-0.3, -0.25) is 9.59 Å². The van der Waals surface area contributed by atoms with Crippen LogP contribution in [-0.2, 0) is 9.53 Å². The summed E-state index contributed by atoms with van der Waals surface area (Å²) in [5, 5.41) is 12.4. The number of carbonyl (C=O) groups excluding carboxylic acids is 2. The molecule has 8 heteroatoms. The summed E-state index contributed by atoms with van der Waals surface area (Å²) in [6.07, 6.45) is 0.596. The van der Waals surface area contributed by atoms with E-state index in [2.05, 4.69) is 5.32 Å². The van der Waals surface area contributed by atoms with Gasteiger partial charge in [0.15, 0.2) is 0 Å². The molecule has 1 aliphatic rings. The fourth-order valence-electron chi connectivity index (χ4n) is 3.09. The maximum Gasteiger partial charge on any atom is 0.257 e. The lowest BCUT2D eigenvalue weighted by Gasteiger charge is -2.38. The number of benzene rings is 1. The first-order valence-electron chi connectivity index (χ1n) is 8.44. The first-order valence-corrected chi connectivity index (χ1v) is 8.44. The molecule has 0 saturated carbocycles. The Kier molecular flexibility index (Phi) is 7.23. The number of carbonyl (C=O) groups is 2. The second-order valence-electron chi connectivity index (χ2n) is 6.16. The number of hydrogen-bond acceptors (Lipinski definition) is 6. The van der Waals surface area contributed by atoms with Crippen LogP contribution in [0.25, 0.3) is 0 Å². The molecule has 1 heterocycles. The van der Waals surface area contributed by atoms with Crippen molar-refractivity contribution in [2.75, 3.05) is 47.6 Å². The molecule has 2 N–H and O–H groups in total. The minimum atomic E-state index is -0.329. The number of likely N-dealkylation sites (tertiary alicyclic amines) is 1. The Balaban J connectivity index is 2.15. The van der Waals surface area contributed by atoms with E-state index in [0.29, 0.717) is 36.6 Å². The van der Waals surface area contributed by atoms with Crippen LogP contribution in [0.1, 0.15) is 16.8 Å². The standard InChI is InChI=1S/C18H26N2O6/c1-24-11-17(22)19-15-9-20(7-6-12(15)10-21)18(23)14-5-4-13(25-2)8-16(14)26-3/h4-5,8,12,15,21H,6-7,9-11H2,1-3H3,(H,19,22)/t12-,15-/m1/s1. The van der Waals surface area contributed by atoms with Gasteiger partial charge in [-0.05, 0) is 18.6 Å². The topological polar surface area (TPSA) is 97.3 Å². The van der Waals surface area contributed by atoms with E-state index >= 15 is 0 Å². The summed E-state index contributed by atoms with van der Waals surface area (Å²) in [4.78, 5) is 26.4.